The SMILES string of the molecule is COCOc1[c]cccc1-c1ccc(F)cc1. The van der Waals surface area contributed by atoms with Crippen LogP contribution in [-0.4, -0.2) is 13.9 Å². The second-order valence-electron chi connectivity index (χ2n) is 3.47. The van der Waals surface area contributed by atoms with Gasteiger partial charge in [-0.15, -0.1) is 0 Å². The fourth-order valence-corrected chi connectivity index (χ4v) is 1.52. The van der Waals surface area contributed by atoms with Crippen LogP contribution >= 0.6 is 0 Å². The van der Waals surface area contributed by atoms with E-state index in [2.05, 4.69) is 6.07 Å². The zero-order valence-corrected chi connectivity index (χ0v) is 9.44. The van der Waals surface area contributed by atoms with E-state index in [0.717, 1.165) is 11.1 Å². The molecule has 2 nitrogen and oxygen atoms in total. The molecule has 0 aliphatic heterocycles. The number of hydrogen-bond acceptors (Lipinski definition) is 2. The van der Waals surface area contributed by atoms with Crippen molar-refractivity contribution in [2.45, 2.75) is 0 Å². The van der Waals surface area contributed by atoms with Crippen LogP contribution in [0.4, 0.5) is 4.39 Å². The zero-order valence-electron chi connectivity index (χ0n) is 9.44. The van der Waals surface area contributed by atoms with Gasteiger partial charge in [-0.1, -0.05) is 30.3 Å². The number of benzene rings is 2. The van der Waals surface area contributed by atoms with E-state index in [9.17, 15) is 4.39 Å². The molecule has 0 saturated carbocycles. The van der Waals surface area contributed by atoms with Crippen molar-refractivity contribution in [3.05, 3.63) is 54.3 Å². The molecule has 1 radical (unpaired) electrons. The lowest BCUT2D eigenvalue weighted by molar-refractivity contribution is 0.0513. The Morgan fingerprint density at radius 2 is 1.94 bits per heavy atom. The molecule has 17 heavy (non-hydrogen) atoms. The third-order valence-electron chi connectivity index (χ3n) is 2.29. The number of para-hydroxylation sites is 1. The monoisotopic (exact) mass is 231 g/mol. The molecular formula is C14H12FO2. The van der Waals surface area contributed by atoms with Gasteiger partial charge in [0.15, 0.2) is 6.79 Å². The fourth-order valence-electron chi connectivity index (χ4n) is 1.52. The highest BCUT2D eigenvalue weighted by molar-refractivity contribution is 5.69. The summed E-state index contributed by atoms with van der Waals surface area (Å²) in [4.78, 5) is 0. The molecule has 0 saturated heterocycles. The second kappa shape index (κ2) is 5.46. The molecule has 2 aromatic rings. The summed E-state index contributed by atoms with van der Waals surface area (Å²) in [6.45, 7) is 0.161. The Bertz CT molecular complexity index is 480. The van der Waals surface area contributed by atoms with E-state index in [1.165, 1.54) is 12.1 Å². The second-order valence-corrected chi connectivity index (χ2v) is 3.47. The van der Waals surface area contributed by atoms with Crippen LogP contribution in [0.3, 0.4) is 0 Å². The van der Waals surface area contributed by atoms with Gasteiger partial charge in [0.2, 0.25) is 0 Å². The standard InChI is InChI=1S/C14H12FO2/c1-16-10-17-14-5-3-2-4-13(14)11-6-8-12(15)9-7-11/h2-4,6-9H,10H2,1H3. The highest BCUT2D eigenvalue weighted by Gasteiger charge is 2.05. The molecule has 0 unspecified atom stereocenters. The third kappa shape index (κ3) is 2.82. The van der Waals surface area contributed by atoms with E-state index >= 15 is 0 Å². The quantitative estimate of drug-likeness (QED) is 0.752. The maximum absolute atomic E-state index is 12.8. The molecule has 0 spiro atoms. The maximum atomic E-state index is 12.8. The van der Waals surface area contributed by atoms with E-state index < -0.39 is 0 Å². The smallest absolute Gasteiger partial charge is 0.188 e. The van der Waals surface area contributed by atoms with E-state index in [1.54, 1.807) is 25.3 Å². The van der Waals surface area contributed by atoms with E-state index in [0.29, 0.717) is 5.75 Å². The Morgan fingerprint density at radius 1 is 1.18 bits per heavy atom. The van der Waals surface area contributed by atoms with E-state index in [-0.39, 0.29) is 12.6 Å². The van der Waals surface area contributed by atoms with Crippen molar-refractivity contribution in [3.63, 3.8) is 0 Å². The molecule has 87 valence electrons. The Labute approximate surface area is 99.6 Å². The minimum absolute atomic E-state index is 0.161. The third-order valence-corrected chi connectivity index (χ3v) is 2.29. The molecule has 0 aliphatic carbocycles. The van der Waals surface area contributed by atoms with Gasteiger partial charge in [0, 0.05) is 18.7 Å². The van der Waals surface area contributed by atoms with Gasteiger partial charge >= 0.3 is 0 Å². The summed E-state index contributed by atoms with van der Waals surface area (Å²) in [7, 11) is 1.56. The first-order chi connectivity index (χ1) is 8.31. The van der Waals surface area contributed by atoms with Gasteiger partial charge in [-0.2, -0.15) is 0 Å². The van der Waals surface area contributed by atoms with Gasteiger partial charge in [-0.25, -0.2) is 4.39 Å². The highest BCUT2D eigenvalue weighted by Crippen LogP contribution is 2.29. The van der Waals surface area contributed by atoms with Crippen molar-refractivity contribution in [2.75, 3.05) is 13.9 Å². The van der Waals surface area contributed by atoms with Gasteiger partial charge in [-0.3, -0.25) is 0 Å². The lowest BCUT2D eigenvalue weighted by Gasteiger charge is -2.10. The molecule has 3 heteroatoms. The summed E-state index contributed by atoms with van der Waals surface area (Å²) >= 11 is 0. The molecule has 0 bridgehead atoms. The first-order valence-corrected chi connectivity index (χ1v) is 5.19. The van der Waals surface area contributed by atoms with Crippen LogP contribution in [0, 0.1) is 11.9 Å². The van der Waals surface area contributed by atoms with Gasteiger partial charge in [0.25, 0.3) is 0 Å². The van der Waals surface area contributed by atoms with Gasteiger partial charge < -0.3 is 9.47 Å². The normalized spacial score (nSPS) is 10.2. The van der Waals surface area contributed by atoms with Crippen LogP contribution in [0.15, 0.2) is 42.5 Å². The highest BCUT2D eigenvalue weighted by atomic mass is 19.1. The predicted octanol–water partition coefficient (Wildman–Crippen LogP) is 3.28. The molecule has 0 amide bonds. The summed E-state index contributed by atoms with van der Waals surface area (Å²) < 4.78 is 23.1. The molecular weight excluding hydrogens is 219 g/mol. The Balaban J connectivity index is 2.33. The largest absolute Gasteiger partial charge is 0.466 e. The average molecular weight is 231 g/mol. The summed E-state index contributed by atoms with van der Waals surface area (Å²) in [6, 6.07) is 14.8. The van der Waals surface area contributed by atoms with Crippen molar-refractivity contribution >= 4 is 0 Å². The van der Waals surface area contributed by atoms with Gasteiger partial charge in [0.05, 0.1) is 0 Å². The van der Waals surface area contributed by atoms with Gasteiger partial charge in [0.1, 0.15) is 11.6 Å². The number of rotatable bonds is 4. The number of hydrogen-bond donors (Lipinski definition) is 0. The zero-order chi connectivity index (χ0) is 12.1. The lowest BCUT2D eigenvalue weighted by Crippen LogP contribution is -2.00. The van der Waals surface area contributed by atoms with Crippen molar-refractivity contribution < 1.29 is 13.9 Å². The molecule has 0 heterocycles. The van der Waals surface area contributed by atoms with Crippen LogP contribution in [0.25, 0.3) is 11.1 Å². The Morgan fingerprint density at radius 3 is 2.65 bits per heavy atom. The maximum Gasteiger partial charge on any atom is 0.188 e. The summed E-state index contributed by atoms with van der Waals surface area (Å²) in [6.07, 6.45) is 0. The van der Waals surface area contributed by atoms with Gasteiger partial charge in [-0.05, 0) is 17.7 Å². The van der Waals surface area contributed by atoms with Crippen LogP contribution < -0.4 is 4.74 Å². The number of ether oxygens (including phenoxy) is 2. The van der Waals surface area contributed by atoms with E-state index in [4.69, 9.17) is 9.47 Å². The molecule has 0 N–H and O–H groups in total. The van der Waals surface area contributed by atoms with Crippen LogP contribution in [-0.2, 0) is 4.74 Å². The molecule has 0 aromatic heterocycles. The first-order valence-electron chi connectivity index (χ1n) is 5.19. The molecule has 0 atom stereocenters. The first kappa shape index (κ1) is 11.6. The predicted molar refractivity (Wildman–Crippen MR) is 63.2 cm³/mol. The van der Waals surface area contributed by atoms with Crippen LogP contribution in [0.5, 0.6) is 5.75 Å². The topological polar surface area (TPSA) is 18.5 Å². The minimum Gasteiger partial charge on any atom is -0.466 e. The van der Waals surface area contributed by atoms with Crippen molar-refractivity contribution in [1.82, 2.24) is 0 Å². The summed E-state index contributed by atoms with van der Waals surface area (Å²) in [5.41, 5.74) is 1.75. The number of methoxy groups -OCH3 is 1. The average Bonchev–Trinajstić information content (AvgIpc) is 2.38. The summed E-state index contributed by atoms with van der Waals surface area (Å²) in [5, 5.41) is 0. The molecule has 2 aromatic carbocycles. The Hall–Kier alpha value is -1.87. The molecule has 2 rings (SSSR count). The Kier molecular flexibility index (Phi) is 3.73. The van der Waals surface area contributed by atoms with Crippen molar-refractivity contribution in [1.29, 1.82) is 0 Å². The number of halogens is 1. The van der Waals surface area contributed by atoms with Crippen LogP contribution in [0.1, 0.15) is 0 Å². The minimum atomic E-state index is -0.256. The van der Waals surface area contributed by atoms with Crippen molar-refractivity contribution in [2.24, 2.45) is 0 Å². The lowest BCUT2D eigenvalue weighted by atomic mass is 10.0. The molecule has 0 fully saturated rings. The fraction of sp³-hybridized carbons (Fsp3) is 0.143. The van der Waals surface area contributed by atoms with Crippen LogP contribution in [0.2, 0.25) is 0 Å². The van der Waals surface area contributed by atoms with Crippen molar-refractivity contribution in [3.8, 4) is 16.9 Å². The molecule has 0 aliphatic rings. The summed E-state index contributed by atoms with van der Waals surface area (Å²) in [5.74, 6) is 0.342. The van der Waals surface area contributed by atoms with E-state index in [1.807, 2.05) is 12.1 Å².